The fraction of sp³-hybridized carbons (Fsp3) is 0.278. The molecule has 0 saturated heterocycles. The minimum absolute atomic E-state index is 0. The number of nitrogens with one attached hydrogen (secondary N) is 3. The number of anilines is 1. The van der Waals surface area contributed by atoms with E-state index >= 15 is 0 Å². The molecule has 27 heavy (non-hydrogen) atoms. The van der Waals surface area contributed by atoms with E-state index in [9.17, 15) is 9.18 Å². The highest BCUT2D eigenvalue weighted by atomic mass is 127. The van der Waals surface area contributed by atoms with Gasteiger partial charge in [0.25, 0.3) is 0 Å². The maximum absolute atomic E-state index is 13.8. The van der Waals surface area contributed by atoms with Crippen LogP contribution in [0.5, 0.6) is 0 Å². The van der Waals surface area contributed by atoms with E-state index in [1.54, 1.807) is 37.6 Å². The normalized spacial score (nSPS) is 10.7. The molecule has 2 rings (SSSR count). The lowest BCUT2D eigenvalue weighted by atomic mass is 10.1. The summed E-state index contributed by atoms with van der Waals surface area (Å²) < 4.78 is 14.5. The van der Waals surface area contributed by atoms with E-state index in [1.165, 1.54) is 6.07 Å². The van der Waals surface area contributed by atoms with E-state index < -0.39 is 0 Å². The third-order valence-electron chi connectivity index (χ3n) is 3.52. The molecule has 1 aromatic heterocycles. The van der Waals surface area contributed by atoms with Gasteiger partial charge in [-0.3, -0.25) is 14.8 Å². The number of halogens is 3. The Labute approximate surface area is 183 Å². The van der Waals surface area contributed by atoms with Crippen molar-refractivity contribution in [3.05, 3.63) is 58.6 Å². The van der Waals surface area contributed by atoms with Crippen LogP contribution >= 0.6 is 39.9 Å². The zero-order valence-electron chi connectivity index (χ0n) is 14.8. The van der Waals surface area contributed by atoms with Gasteiger partial charge in [-0.2, -0.15) is 0 Å². The first-order valence-corrected chi connectivity index (χ1v) is 8.96. The van der Waals surface area contributed by atoms with Crippen molar-refractivity contribution in [1.29, 1.82) is 0 Å². The lowest BCUT2D eigenvalue weighted by molar-refractivity contribution is -0.115. The third kappa shape index (κ3) is 8.65. The average Bonchev–Trinajstić information content (AvgIpc) is 2.63. The van der Waals surface area contributed by atoms with Gasteiger partial charge in [-0.15, -0.1) is 24.0 Å². The van der Waals surface area contributed by atoms with E-state index in [1.807, 2.05) is 6.07 Å². The van der Waals surface area contributed by atoms with Crippen molar-refractivity contribution in [2.24, 2.45) is 4.99 Å². The highest BCUT2D eigenvalue weighted by molar-refractivity contribution is 14.0. The van der Waals surface area contributed by atoms with E-state index in [0.29, 0.717) is 30.2 Å². The number of amides is 1. The van der Waals surface area contributed by atoms with Crippen LogP contribution in [-0.2, 0) is 11.2 Å². The Hall–Kier alpha value is -1.75. The van der Waals surface area contributed by atoms with E-state index in [2.05, 4.69) is 41.9 Å². The summed E-state index contributed by atoms with van der Waals surface area (Å²) in [5.74, 6) is 0.106. The van der Waals surface area contributed by atoms with Crippen LogP contribution in [0.2, 0.25) is 0 Å². The number of aromatic nitrogens is 1. The van der Waals surface area contributed by atoms with Crippen molar-refractivity contribution >= 4 is 57.5 Å². The van der Waals surface area contributed by atoms with E-state index in [-0.39, 0.29) is 42.2 Å². The zero-order chi connectivity index (χ0) is 18.8. The Kier molecular flexibility index (Phi) is 10.9. The van der Waals surface area contributed by atoms with E-state index in [4.69, 9.17) is 0 Å². The summed E-state index contributed by atoms with van der Waals surface area (Å²) in [6, 6.07) is 8.57. The summed E-state index contributed by atoms with van der Waals surface area (Å²) >= 11 is 3.24. The topological polar surface area (TPSA) is 78.4 Å². The maximum Gasteiger partial charge on any atom is 0.243 e. The summed E-state index contributed by atoms with van der Waals surface area (Å²) in [6.45, 7) is 0.690. The Morgan fingerprint density at radius 2 is 2.11 bits per heavy atom. The number of hydrogen-bond acceptors (Lipinski definition) is 3. The third-order valence-corrected chi connectivity index (χ3v) is 4.01. The number of rotatable bonds is 7. The zero-order valence-corrected chi connectivity index (χ0v) is 18.8. The van der Waals surface area contributed by atoms with Gasteiger partial charge in [0.1, 0.15) is 5.82 Å². The van der Waals surface area contributed by atoms with Crippen molar-refractivity contribution < 1.29 is 9.18 Å². The average molecular weight is 550 g/mol. The Balaban J connectivity index is 0.00000364. The molecule has 0 unspecified atom stereocenters. The van der Waals surface area contributed by atoms with Gasteiger partial charge in [0.15, 0.2) is 5.96 Å². The standard InChI is InChI=1S/C18H21BrFN5O.HI/c1-21-18(24-12-17(26)25-15-5-3-8-22-11-15)23-9-2-4-13-6-7-14(19)10-16(13)20;/h3,5-8,10-11H,2,4,9,12H2,1H3,(H,25,26)(H2,21,23,24);1H. The molecule has 0 spiro atoms. The first-order chi connectivity index (χ1) is 12.6. The summed E-state index contributed by atoms with van der Waals surface area (Å²) in [6.07, 6.45) is 4.57. The molecular formula is C18H22BrFIN5O. The molecule has 1 heterocycles. The first kappa shape index (κ1) is 23.3. The lowest BCUT2D eigenvalue weighted by Gasteiger charge is -2.12. The van der Waals surface area contributed by atoms with Crippen LogP contribution in [0.15, 0.2) is 52.2 Å². The Bertz CT molecular complexity index is 761. The van der Waals surface area contributed by atoms with Gasteiger partial charge in [-0.1, -0.05) is 22.0 Å². The number of pyridine rings is 1. The highest BCUT2D eigenvalue weighted by Crippen LogP contribution is 2.16. The van der Waals surface area contributed by atoms with Crippen LogP contribution in [-0.4, -0.2) is 37.0 Å². The van der Waals surface area contributed by atoms with Gasteiger partial charge in [0.2, 0.25) is 5.91 Å². The quantitative estimate of drug-likeness (QED) is 0.214. The fourth-order valence-corrected chi connectivity index (χ4v) is 2.57. The second-order valence-electron chi connectivity index (χ2n) is 5.48. The van der Waals surface area contributed by atoms with Crippen molar-refractivity contribution in [2.75, 3.05) is 25.5 Å². The molecule has 0 aliphatic rings. The highest BCUT2D eigenvalue weighted by Gasteiger charge is 2.05. The number of carbonyl (C=O) groups is 1. The molecule has 1 aromatic carbocycles. The molecule has 9 heteroatoms. The monoisotopic (exact) mass is 549 g/mol. The van der Waals surface area contributed by atoms with Gasteiger partial charge in [0.05, 0.1) is 18.4 Å². The lowest BCUT2D eigenvalue weighted by Crippen LogP contribution is -2.41. The minimum atomic E-state index is -0.214. The van der Waals surface area contributed by atoms with Crippen LogP contribution in [0.25, 0.3) is 0 Å². The number of aryl methyl sites for hydroxylation is 1. The van der Waals surface area contributed by atoms with Gasteiger partial charge >= 0.3 is 0 Å². The summed E-state index contributed by atoms with van der Waals surface area (Å²) in [5.41, 5.74) is 1.31. The van der Waals surface area contributed by atoms with Crippen molar-refractivity contribution in [3.8, 4) is 0 Å². The van der Waals surface area contributed by atoms with Crippen molar-refractivity contribution in [1.82, 2.24) is 15.6 Å². The molecular weight excluding hydrogens is 528 g/mol. The van der Waals surface area contributed by atoms with Gasteiger partial charge in [-0.05, 0) is 42.7 Å². The molecule has 0 saturated carbocycles. The molecule has 1 amide bonds. The molecule has 146 valence electrons. The number of hydrogen-bond donors (Lipinski definition) is 3. The van der Waals surface area contributed by atoms with Gasteiger partial charge in [0, 0.05) is 24.3 Å². The number of guanidine groups is 1. The number of carbonyl (C=O) groups excluding carboxylic acids is 1. The van der Waals surface area contributed by atoms with Gasteiger partial charge < -0.3 is 16.0 Å². The van der Waals surface area contributed by atoms with Crippen LogP contribution in [0, 0.1) is 5.82 Å². The smallest absolute Gasteiger partial charge is 0.243 e. The summed E-state index contributed by atoms with van der Waals surface area (Å²) in [4.78, 5) is 19.9. The molecule has 0 aliphatic heterocycles. The molecule has 2 aromatic rings. The molecule has 0 radical (unpaired) electrons. The van der Waals surface area contributed by atoms with Crippen LogP contribution in [0.4, 0.5) is 10.1 Å². The molecule has 6 nitrogen and oxygen atoms in total. The molecule has 0 bridgehead atoms. The van der Waals surface area contributed by atoms with Crippen LogP contribution in [0.1, 0.15) is 12.0 Å². The largest absolute Gasteiger partial charge is 0.356 e. The second kappa shape index (κ2) is 12.6. The van der Waals surface area contributed by atoms with E-state index in [0.717, 1.165) is 10.9 Å². The molecule has 0 fully saturated rings. The molecule has 3 N–H and O–H groups in total. The number of nitrogens with zero attached hydrogens (tertiary/aromatic N) is 2. The predicted octanol–water partition coefficient (Wildman–Crippen LogP) is 3.34. The maximum atomic E-state index is 13.8. The van der Waals surface area contributed by atoms with Crippen molar-refractivity contribution in [2.45, 2.75) is 12.8 Å². The van der Waals surface area contributed by atoms with Crippen LogP contribution < -0.4 is 16.0 Å². The SMILES string of the molecule is CN=C(NCCCc1ccc(Br)cc1F)NCC(=O)Nc1cccnc1.I. The molecule has 0 atom stereocenters. The number of aliphatic imine (C=N–C) groups is 1. The summed E-state index contributed by atoms with van der Waals surface area (Å²) in [5, 5.41) is 8.77. The summed E-state index contributed by atoms with van der Waals surface area (Å²) in [7, 11) is 1.63. The minimum Gasteiger partial charge on any atom is -0.356 e. The van der Waals surface area contributed by atoms with Crippen molar-refractivity contribution in [3.63, 3.8) is 0 Å². The fourth-order valence-electron chi connectivity index (χ4n) is 2.24. The second-order valence-corrected chi connectivity index (χ2v) is 6.40. The number of benzene rings is 1. The Morgan fingerprint density at radius 1 is 1.30 bits per heavy atom. The van der Waals surface area contributed by atoms with Gasteiger partial charge in [-0.25, -0.2) is 4.39 Å². The Morgan fingerprint density at radius 3 is 2.78 bits per heavy atom. The predicted molar refractivity (Wildman–Crippen MR) is 120 cm³/mol. The molecule has 0 aliphatic carbocycles. The van der Waals surface area contributed by atoms with Crippen LogP contribution in [0.3, 0.4) is 0 Å². The first-order valence-electron chi connectivity index (χ1n) is 8.17.